The quantitative estimate of drug-likeness (QED) is 0.912. The van der Waals surface area contributed by atoms with Crippen LogP contribution in [0.5, 0.6) is 0 Å². The summed E-state index contributed by atoms with van der Waals surface area (Å²) in [5.41, 5.74) is 1.74. The first-order valence-corrected chi connectivity index (χ1v) is 9.82. The van der Waals surface area contributed by atoms with Crippen molar-refractivity contribution in [3.63, 3.8) is 0 Å². The topological polar surface area (TPSA) is 71.3 Å². The Hall–Kier alpha value is -2.11. The van der Waals surface area contributed by atoms with Gasteiger partial charge in [-0.1, -0.05) is 12.8 Å². The van der Waals surface area contributed by atoms with Crippen molar-refractivity contribution < 1.29 is 9.21 Å². The summed E-state index contributed by atoms with van der Waals surface area (Å²) in [5, 5.41) is 4.26. The van der Waals surface area contributed by atoms with E-state index in [1.54, 1.807) is 0 Å². The minimum Gasteiger partial charge on any atom is -0.443 e. The van der Waals surface area contributed by atoms with E-state index in [0.29, 0.717) is 24.1 Å². The van der Waals surface area contributed by atoms with E-state index in [-0.39, 0.29) is 11.8 Å². The molecule has 6 nitrogen and oxygen atoms in total. The number of amides is 1. The van der Waals surface area contributed by atoms with Crippen molar-refractivity contribution in [2.75, 3.05) is 18.0 Å². The first-order chi connectivity index (χ1) is 12.5. The Morgan fingerprint density at radius 3 is 2.65 bits per heavy atom. The monoisotopic (exact) mass is 356 g/mol. The maximum atomic E-state index is 12.7. The first-order valence-electron chi connectivity index (χ1n) is 9.82. The minimum atomic E-state index is 0.0305. The lowest BCUT2D eigenvalue weighted by molar-refractivity contribution is -0.125. The molecule has 1 aliphatic carbocycles. The number of nitrogens with one attached hydrogen (secondary N) is 1. The molecule has 1 atom stereocenters. The van der Waals surface area contributed by atoms with E-state index in [2.05, 4.69) is 22.1 Å². The van der Waals surface area contributed by atoms with Crippen LogP contribution < -0.4 is 10.2 Å². The number of furan rings is 1. The van der Waals surface area contributed by atoms with Gasteiger partial charge >= 0.3 is 0 Å². The highest BCUT2D eigenvalue weighted by Gasteiger charge is 2.30. The number of piperidine rings is 1. The molecule has 4 rings (SSSR count). The number of fused-ring (bicyclic) bond motifs is 1. The molecule has 0 aromatic carbocycles. The van der Waals surface area contributed by atoms with Gasteiger partial charge in [0.25, 0.3) is 0 Å². The van der Waals surface area contributed by atoms with Gasteiger partial charge in [0.1, 0.15) is 17.4 Å². The maximum absolute atomic E-state index is 12.7. The third kappa shape index (κ3) is 3.17. The fourth-order valence-electron chi connectivity index (χ4n) is 4.33. The van der Waals surface area contributed by atoms with Crippen LogP contribution in [0, 0.1) is 26.7 Å². The van der Waals surface area contributed by atoms with Gasteiger partial charge in [0.2, 0.25) is 11.6 Å². The summed E-state index contributed by atoms with van der Waals surface area (Å²) < 4.78 is 5.82. The van der Waals surface area contributed by atoms with E-state index >= 15 is 0 Å². The summed E-state index contributed by atoms with van der Waals surface area (Å²) in [7, 11) is 0. The van der Waals surface area contributed by atoms with E-state index in [1.165, 1.54) is 12.8 Å². The number of carbonyl (C=O) groups excluding carboxylic acids is 1. The van der Waals surface area contributed by atoms with Crippen LogP contribution in [0.25, 0.3) is 11.1 Å². The van der Waals surface area contributed by atoms with Crippen LogP contribution in [-0.4, -0.2) is 35.0 Å². The summed E-state index contributed by atoms with van der Waals surface area (Å²) in [6, 6.07) is 0.379. The van der Waals surface area contributed by atoms with Crippen molar-refractivity contribution in [1.82, 2.24) is 15.3 Å². The van der Waals surface area contributed by atoms with Crippen molar-refractivity contribution in [2.45, 2.75) is 65.3 Å². The Morgan fingerprint density at radius 2 is 1.88 bits per heavy atom. The molecule has 0 bridgehead atoms. The molecule has 26 heavy (non-hydrogen) atoms. The molecule has 1 saturated heterocycles. The van der Waals surface area contributed by atoms with Gasteiger partial charge < -0.3 is 14.6 Å². The SMILES string of the molecule is Cc1nc(N2CCCC(C(=O)NC3CCCC3)C2)c2c(C)c(C)oc2n1. The van der Waals surface area contributed by atoms with Crippen LogP contribution in [0.3, 0.4) is 0 Å². The standard InChI is InChI=1S/C20H28N4O2/c1-12-13(2)26-20-17(12)18(21-14(3)22-20)24-10-6-7-15(11-24)19(25)23-16-8-4-5-9-16/h15-16H,4-11H2,1-3H3,(H,23,25). The van der Waals surface area contributed by atoms with Gasteiger partial charge in [-0.25, -0.2) is 4.98 Å². The number of carbonyl (C=O) groups is 1. The zero-order valence-corrected chi connectivity index (χ0v) is 16.0. The molecular weight excluding hydrogens is 328 g/mol. The van der Waals surface area contributed by atoms with E-state index in [9.17, 15) is 4.79 Å². The lowest BCUT2D eigenvalue weighted by atomic mass is 9.96. The van der Waals surface area contributed by atoms with E-state index in [1.807, 2.05) is 13.8 Å². The number of hydrogen-bond donors (Lipinski definition) is 1. The lowest BCUT2D eigenvalue weighted by Crippen LogP contribution is -2.45. The second-order valence-electron chi connectivity index (χ2n) is 7.83. The van der Waals surface area contributed by atoms with Gasteiger partial charge in [-0.15, -0.1) is 0 Å². The van der Waals surface area contributed by atoms with Crippen molar-refractivity contribution in [3.05, 3.63) is 17.1 Å². The normalized spacial score (nSPS) is 21.5. The number of hydrogen-bond acceptors (Lipinski definition) is 5. The number of rotatable bonds is 3. The zero-order valence-electron chi connectivity index (χ0n) is 16.0. The molecule has 1 unspecified atom stereocenters. The van der Waals surface area contributed by atoms with E-state index < -0.39 is 0 Å². The highest BCUT2D eigenvalue weighted by Crippen LogP contribution is 2.33. The molecule has 1 N–H and O–H groups in total. The molecule has 1 aliphatic heterocycles. The smallest absolute Gasteiger partial charge is 0.231 e. The fraction of sp³-hybridized carbons (Fsp3) is 0.650. The Balaban J connectivity index is 1.58. The molecule has 0 spiro atoms. The van der Waals surface area contributed by atoms with Gasteiger partial charge in [-0.05, 0) is 46.5 Å². The molecule has 0 radical (unpaired) electrons. The van der Waals surface area contributed by atoms with Gasteiger partial charge in [0.15, 0.2) is 0 Å². The average molecular weight is 356 g/mol. The van der Waals surface area contributed by atoms with Crippen LogP contribution in [0.1, 0.15) is 55.7 Å². The summed E-state index contributed by atoms with van der Waals surface area (Å²) in [6.45, 7) is 7.54. The summed E-state index contributed by atoms with van der Waals surface area (Å²) in [6.07, 6.45) is 6.68. The summed E-state index contributed by atoms with van der Waals surface area (Å²) >= 11 is 0. The number of aromatic nitrogens is 2. The molecule has 1 amide bonds. The van der Waals surface area contributed by atoms with Crippen LogP contribution in [0.2, 0.25) is 0 Å². The molecular formula is C20H28N4O2. The predicted molar refractivity (Wildman–Crippen MR) is 101 cm³/mol. The van der Waals surface area contributed by atoms with Gasteiger partial charge in [0, 0.05) is 24.7 Å². The van der Waals surface area contributed by atoms with Gasteiger partial charge in [-0.2, -0.15) is 4.98 Å². The van der Waals surface area contributed by atoms with E-state index in [0.717, 1.165) is 54.8 Å². The molecule has 2 aliphatic rings. The second-order valence-corrected chi connectivity index (χ2v) is 7.83. The Labute approximate surface area is 154 Å². The highest BCUT2D eigenvalue weighted by atomic mass is 16.3. The van der Waals surface area contributed by atoms with Crippen LogP contribution in [0.4, 0.5) is 5.82 Å². The second kappa shape index (κ2) is 6.89. The Kier molecular flexibility index (Phi) is 4.59. The fourth-order valence-corrected chi connectivity index (χ4v) is 4.33. The molecule has 2 fully saturated rings. The van der Waals surface area contributed by atoms with Crippen molar-refractivity contribution in [2.24, 2.45) is 5.92 Å². The van der Waals surface area contributed by atoms with E-state index in [4.69, 9.17) is 9.40 Å². The average Bonchev–Trinajstić information content (AvgIpc) is 3.23. The number of nitrogens with zero attached hydrogens (tertiary/aromatic N) is 3. The van der Waals surface area contributed by atoms with Gasteiger partial charge in [0.05, 0.1) is 11.3 Å². The van der Waals surface area contributed by atoms with Crippen LogP contribution >= 0.6 is 0 Å². The van der Waals surface area contributed by atoms with Crippen LogP contribution in [0.15, 0.2) is 4.42 Å². The lowest BCUT2D eigenvalue weighted by Gasteiger charge is -2.33. The first kappa shape index (κ1) is 17.3. The van der Waals surface area contributed by atoms with Crippen molar-refractivity contribution >= 4 is 22.8 Å². The Morgan fingerprint density at radius 1 is 1.12 bits per heavy atom. The summed E-state index contributed by atoms with van der Waals surface area (Å²) in [4.78, 5) is 24.2. The zero-order chi connectivity index (χ0) is 18.3. The summed E-state index contributed by atoms with van der Waals surface area (Å²) in [5.74, 6) is 2.75. The third-order valence-corrected chi connectivity index (χ3v) is 5.91. The van der Waals surface area contributed by atoms with Crippen molar-refractivity contribution in [3.8, 4) is 0 Å². The molecule has 1 saturated carbocycles. The van der Waals surface area contributed by atoms with Gasteiger partial charge in [-0.3, -0.25) is 4.79 Å². The number of anilines is 1. The maximum Gasteiger partial charge on any atom is 0.231 e. The molecule has 2 aromatic rings. The third-order valence-electron chi connectivity index (χ3n) is 5.91. The Bertz CT molecular complexity index is 823. The predicted octanol–water partition coefficient (Wildman–Crippen LogP) is 3.42. The largest absolute Gasteiger partial charge is 0.443 e. The van der Waals surface area contributed by atoms with Crippen molar-refractivity contribution in [1.29, 1.82) is 0 Å². The molecule has 2 aromatic heterocycles. The number of aryl methyl sites for hydroxylation is 3. The molecule has 3 heterocycles. The minimum absolute atomic E-state index is 0.0305. The molecule has 6 heteroatoms. The van der Waals surface area contributed by atoms with Crippen LogP contribution in [-0.2, 0) is 4.79 Å². The highest BCUT2D eigenvalue weighted by molar-refractivity contribution is 5.90. The molecule has 140 valence electrons.